The molecular formula is C11H25IN4O. The molecule has 0 aliphatic heterocycles. The van der Waals surface area contributed by atoms with Crippen molar-refractivity contribution in [1.82, 2.24) is 16.0 Å². The number of nitrogens with zero attached hydrogens (tertiary/aromatic N) is 1. The molecule has 6 heteroatoms. The molecule has 17 heavy (non-hydrogen) atoms. The van der Waals surface area contributed by atoms with Gasteiger partial charge >= 0.3 is 0 Å². The fourth-order valence-corrected chi connectivity index (χ4v) is 1.09. The second-order valence-electron chi connectivity index (χ2n) is 5.02. The highest BCUT2D eigenvalue weighted by atomic mass is 127. The minimum atomic E-state index is -0.201. The van der Waals surface area contributed by atoms with Crippen LogP contribution < -0.4 is 16.0 Å². The first-order valence-electron chi connectivity index (χ1n) is 5.53. The number of guanidine groups is 1. The van der Waals surface area contributed by atoms with Crippen molar-refractivity contribution in [2.75, 3.05) is 13.6 Å². The zero-order chi connectivity index (χ0) is 12.8. The van der Waals surface area contributed by atoms with E-state index in [4.69, 9.17) is 0 Å². The number of nitrogens with one attached hydrogen (secondary N) is 3. The number of carbonyl (C=O) groups is 1. The first-order chi connectivity index (χ1) is 7.24. The van der Waals surface area contributed by atoms with Crippen LogP contribution in [0.1, 0.15) is 34.6 Å². The molecule has 0 saturated carbocycles. The Kier molecular flexibility index (Phi) is 9.46. The van der Waals surface area contributed by atoms with E-state index < -0.39 is 0 Å². The third-order valence-electron chi connectivity index (χ3n) is 1.58. The molecule has 0 rings (SSSR count). The molecule has 0 fully saturated rings. The summed E-state index contributed by atoms with van der Waals surface area (Å²) in [5.74, 6) is 0.596. The lowest BCUT2D eigenvalue weighted by molar-refractivity contribution is -0.121. The summed E-state index contributed by atoms with van der Waals surface area (Å²) < 4.78 is 0. The van der Waals surface area contributed by atoms with Crippen LogP contribution in [0.2, 0.25) is 0 Å². The summed E-state index contributed by atoms with van der Waals surface area (Å²) in [6.45, 7) is 10.1. The topological polar surface area (TPSA) is 65.5 Å². The molecule has 0 aliphatic rings. The molecular weight excluding hydrogens is 331 g/mol. The number of halogens is 1. The number of carbonyl (C=O) groups excluding carboxylic acids is 1. The molecule has 0 atom stereocenters. The van der Waals surface area contributed by atoms with E-state index in [0.717, 1.165) is 0 Å². The van der Waals surface area contributed by atoms with Crippen LogP contribution in [-0.2, 0) is 4.79 Å². The molecule has 0 heterocycles. The Balaban J connectivity index is 0. The van der Waals surface area contributed by atoms with Gasteiger partial charge in [0.25, 0.3) is 0 Å². The normalized spacial score (nSPS) is 11.8. The smallest absolute Gasteiger partial charge is 0.239 e. The van der Waals surface area contributed by atoms with Gasteiger partial charge in [-0.15, -0.1) is 24.0 Å². The lowest BCUT2D eigenvalue weighted by Gasteiger charge is -2.21. The maximum absolute atomic E-state index is 11.5. The molecule has 0 unspecified atom stereocenters. The zero-order valence-electron chi connectivity index (χ0n) is 11.5. The summed E-state index contributed by atoms with van der Waals surface area (Å²) >= 11 is 0. The first kappa shape index (κ1) is 18.8. The molecule has 1 amide bonds. The maximum atomic E-state index is 11.5. The molecule has 0 bridgehead atoms. The van der Waals surface area contributed by atoms with Gasteiger partial charge in [-0.25, -0.2) is 0 Å². The average Bonchev–Trinajstić information content (AvgIpc) is 2.08. The number of hydrogen-bond donors (Lipinski definition) is 3. The van der Waals surface area contributed by atoms with Crippen molar-refractivity contribution in [2.45, 2.75) is 46.2 Å². The van der Waals surface area contributed by atoms with Crippen LogP contribution in [0.5, 0.6) is 0 Å². The van der Waals surface area contributed by atoms with E-state index in [2.05, 4.69) is 20.9 Å². The molecule has 102 valence electrons. The van der Waals surface area contributed by atoms with Crippen molar-refractivity contribution in [2.24, 2.45) is 4.99 Å². The van der Waals surface area contributed by atoms with Crippen molar-refractivity contribution in [3.8, 4) is 0 Å². The maximum Gasteiger partial charge on any atom is 0.239 e. The van der Waals surface area contributed by atoms with Crippen molar-refractivity contribution in [1.29, 1.82) is 0 Å². The van der Waals surface area contributed by atoms with Crippen LogP contribution in [-0.4, -0.2) is 37.0 Å². The van der Waals surface area contributed by atoms with Gasteiger partial charge in [-0.2, -0.15) is 0 Å². The highest BCUT2D eigenvalue weighted by Crippen LogP contribution is 1.96. The lowest BCUT2D eigenvalue weighted by atomic mass is 10.1. The van der Waals surface area contributed by atoms with E-state index in [9.17, 15) is 4.79 Å². The highest BCUT2D eigenvalue weighted by molar-refractivity contribution is 14.0. The van der Waals surface area contributed by atoms with E-state index in [1.54, 1.807) is 7.05 Å². The largest absolute Gasteiger partial charge is 0.354 e. The quantitative estimate of drug-likeness (QED) is 0.403. The second-order valence-corrected chi connectivity index (χ2v) is 5.02. The average molecular weight is 356 g/mol. The van der Waals surface area contributed by atoms with Gasteiger partial charge in [-0.1, -0.05) is 0 Å². The molecule has 0 saturated heterocycles. The molecule has 3 N–H and O–H groups in total. The van der Waals surface area contributed by atoms with E-state index in [-0.39, 0.29) is 48.0 Å². The van der Waals surface area contributed by atoms with E-state index in [0.29, 0.717) is 5.96 Å². The summed E-state index contributed by atoms with van der Waals surface area (Å²) in [6, 6.07) is 0.289. The Bertz CT molecular complexity index is 259. The van der Waals surface area contributed by atoms with E-state index >= 15 is 0 Å². The summed E-state index contributed by atoms with van der Waals surface area (Å²) in [5.41, 5.74) is -0.201. The first-order valence-corrected chi connectivity index (χ1v) is 5.53. The predicted octanol–water partition coefficient (Wildman–Crippen LogP) is 1.09. The van der Waals surface area contributed by atoms with E-state index in [1.807, 2.05) is 34.6 Å². The van der Waals surface area contributed by atoms with Gasteiger partial charge in [0.15, 0.2) is 5.96 Å². The van der Waals surface area contributed by atoms with Crippen molar-refractivity contribution >= 4 is 35.8 Å². The van der Waals surface area contributed by atoms with Crippen LogP contribution in [0.4, 0.5) is 0 Å². The van der Waals surface area contributed by atoms with Crippen molar-refractivity contribution in [3.05, 3.63) is 0 Å². The Morgan fingerprint density at radius 1 is 1.29 bits per heavy atom. The van der Waals surface area contributed by atoms with Gasteiger partial charge in [0.2, 0.25) is 5.91 Å². The second kappa shape index (κ2) is 8.54. The Labute approximate surface area is 121 Å². The molecule has 0 aromatic carbocycles. The third kappa shape index (κ3) is 11.7. The Hall–Kier alpha value is -0.530. The molecule has 0 radical (unpaired) electrons. The molecule has 0 aliphatic carbocycles. The standard InChI is InChI=1S/C11H24N4O.HI/c1-8(2)14-10(12-6)13-7-9(16)15-11(3,4)5;/h8H,7H2,1-6H3,(H,15,16)(H2,12,13,14);1H. The van der Waals surface area contributed by atoms with Crippen molar-refractivity contribution in [3.63, 3.8) is 0 Å². The molecule has 5 nitrogen and oxygen atoms in total. The van der Waals surface area contributed by atoms with Crippen LogP contribution in [0.25, 0.3) is 0 Å². The third-order valence-corrected chi connectivity index (χ3v) is 1.58. The zero-order valence-corrected chi connectivity index (χ0v) is 13.9. The Morgan fingerprint density at radius 2 is 1.82 bits per heavy atom. The Morgan fingerprint density at radius 3 is 2.18 bits per heavy atom. The fourth-order valence-electron chi connectivity index (χ4n) is 1.09. The number of hydrogen-bond acceptors (Lipinski definition) is 2. The number of amides is 1. The summed E-state index contributed by atoms with van der Waals surface area (Å²) in [4.78, 5) is 15.5. The van der Waals surface area contributed by atoms with Crippen molar-refractivity contribution < 1.29 is 4.79 Å². The van der Waals surface area contributed by atoms with Crippen LogP contribution in [0.3, 0.4) is 0 Å². The van der Waals surface area contributed by atoms with Crippen LogP contribution in [0, 0.1) is 0 Å². The number of rotatable bonds is 3. The monoisotopic (exact) mass is 356 g/mol. The lowest BCUT2D eigenvalue weighted by Crippen LogP contribution is -2.49. The minimum Gasteiger partial charge on any atom is -0.354 e. The van der Waals surface area contributed by atoms with Gasteiger partial charge in [-0.3, -0.25) is 9.79 Å². The van der Waals surface area contributed by atoms with Gasteiger partial charge in [0.05, 0.1) is 6.54 Å². The van der Waals surface area contributed by atoms with Crippen LogP contribution >= 0.6 is 24.0 Å². The summed E-state index contributed by atoms with van der Waals surface area (Å²) in [5, 5.41) is 8.92. The molecule has 0 spiro atoms. The van der Waals surface area contributed by atoms with Crippen LogP contribution in [0.15, 0.2) is 4.99 Å². The minimum absolute atomic E-state index is 0. The SMILES string of the molecule is CN=C(NCC(=O)NC(C)(C)C)NC(C)C.I. The van der Waals surface area contributed by atoms with Gasteiger partial charge < -0.3 is 16.0 Å². The fraction of sp³-hybridized carbons (Fsp3) is 0.818. The number of aliphatic imine (C=N–C) groups is 1. The van der Waals surface area contributed by atoms with Gasteiger partial charge in [0.1, 0.15) is 0 Å². The van der Waals surface area contributed by atoms with E-state index in [1.165, 1.54) is 0 Å². The predicted molar refractivity (Wildman–Crippen MR) is 82.9 cm³/mol. The molecule has 0 aromatic rings. The highest BCUT2D eigenvalue weighted by Gasteiger charge is 2.13. The summed E-state index contributed by atoms with van der Waals surface area (Å²) in [7, 11) is 1.68. The van der Waals surface area contributed by atoms with Gasteiger partial charge in [0, 0.05) is 18.6 Å². The molecule has 0 aromatic heterocycles. The summed E-state index contributed by atoms with van der Waals surface area (Å²) in [6.07, 6.45) is 0. The van der Waals surface area contributed by atoms with Gasteiger partial charge in [-0.05, 0) is 34.6 Å².